The first-order valence-electron chi connectivity index (χ1n) is 7.08. The van der Waals surface area contributed by atoms with Crippen molar-refractivity contribution in [3.05, 3.63) is 71.0 Å². The average molecular weight is 323 g/mol. The first-order valence-corrected chi connectivity index (χ1v) is 7.08. The van der Waals surface area contributed by atoms with Gasteiger partial charge < -0.3 is 10.4 Å². The standard InChI is InChI=1S/C17H16F3NO2/c18-13-6-5-12(16(20)9-13)7-14(22)10-21-17(23)8-11-3-1-2-4-15(11)19/h1-6,9,14,22H,7-8,10H2,(H,21,23)/t14-/m0/s1. The fourth-order valence-corrected chi connectivity index (χ4v) is 2.12. The van der Waals surface area contributed by atoms with Crippen molar-refractivity contribution < 1.29 is 23.1 Å². The van der Waals surface area contributed by atoms with E-state index in [1.54, 1.807) is 6.07 Å². The Kier molecular flexibility index (Phi) is 5.76. The molecule has 1 atom stereocenters. The summed E-state index contributed by atoms with van der Waals surface area (Å²) < 4.78 is 39.7. The molecule has 0 aliphatic heterocycles. The van der Waals surface area contributed by atoms with E-state index in [2.05, 4.69) is 5.32 Å². The minimum atomic E-state index is -1.03. The van der Waals surface area contributed by atoms with Crippen molar-refractivity contribution in [1.82, 2.24) is 5.32 Å². The predicted octanol–water partition coefficient (Wildman–Crippen LogP) is 2.37. The first-order chi connectivity index (χ1) is 11.0. The van der Waals surface area contributed by atoms with Crippen LogP contribution in [0.5, 0.6) is 0 Å². The van der Waals surface area contributed by atoms with E-state index in [1.165, 1.54) is 24.3 Å². The molecule has 3 nitrogen and oxygen atoms in total. The fraction of sp³-hybridized carbons (Fsp3) is 0.235. The zero-order chi connectivity index (χ0) is 16.8. The number of hydrogen-bond donors (Lipinski definition) is 2. The van der Waals surface area contributed by atoms with E-state index < -0.39 is 29.5 Å². The van der Waals surface area contributed by atoms with Crippen LogP contribution in [0, 0.1) is 17.5 Å². The van der Waals surface area contributed by atoms with Crippen LogP contribution >= 0.6 is 0 Å². The SMILES string of the molecule is O=C(Cc1ccccc1F)NC[C@@H](O)Cc1ccc(F)cc1F. The third-order valence-corrected chi connectivity index (χ3v) is 3.31. The Balaban J connectivity index is 1.83. The Morgan fingerprint density at radius 1 is 1.04 bits per heavy atom. The van der Waals surface area contributed by atoms with Gasteiger partial charge >= 0.3 is 0 Å². The zero-order valence-electron chi connectivity index (χ0n) is 12.2. The molecule has 122 valence electrons. The quantitative estimate of drug-likeness (QED) is 0.857. The van der Waals surface area contributed by atoms with Crippen LogP contribution in [0.4, 0.5) is 13.2 Å². The predicted molar refractivity (Wildman–Crippen MR) is 79.2 cm³/mol. The summed E-state index contributed by atoms with van der Waals surface area (Å²) in [7, 11) is 0. The summed E-state index contributed by atoms with van der Waals surface area (Å²) >= 11 is 0. The highest BCUT2D eigenvalue weighted by Crippen LogP contribution is 2.12. The van der Waals surface area contributed by atoms with Crippen LogP contribution in [-0.4, -0.2) is 23.7 Å². The van der Waals surface area contributed by atoms with E-state index in [0.717, 1.165) is 12.1 Å². The lowest BCUT2D eigenvalue weighted by atomic mass is 10.1. The number of carbonyl (C=O) groups excluding carboxylic acids is 1. The number of hydrogen-bond acceptors (Lipinski definition) is 2. The summed E-state index contributed by atoms with van der Waals surface area (Å²) in [5.74, 6) is -2.37. The second kappa shape index (κ2) is 7.78. The Hall–Kier alpha value is -2.34. The van der Waals surface area contributed by atoms with Crippen molar-refractivity contribution in [1.29, 1.82) is 0 Å². The van der Waals surface area contributed by atoms with Crippen molar-refractivity contribution in [3.63, 3.8) is 0 Å². The molecule has 0 saturated carbocycles. The van der Waals surface area contributed by atoms with Crippen LogP contribution in [0.3, 0.4) is 0 Å². The lowest BCUT2D eigenvalue weighted by Crippen LogP contribution is -2.34. The monoisotopic (exact) mass is 323 g/mol. The van der Waals surface area contributed by atoms with Crippen molar-refractivity contribution in [2.45, 2.75) is 18.9 Å². The van der Waals surface area contributed by atoms with Gasteiger partial charge in [-0.05, 0) is 23.3 Å². The number of benzene rings is 2. The highest BCUT2D eigenvalue weighted by Gasteiger charge is 2.13. The summed E-state index contributed by atoms with van der Waals surface area (Å²) in [6, 6.07) is 8.99. The van der Waals surface area contributed by atoms with Gasteiger partial charge in [0.25, 0.3) is 0 Å². The van der Waals surface area contributed by atoms with Gasteiger partial charge in [0.05, 0.1) is 12.5 Å². The Bertz CT molecular complexity index is 691. The summed E-state index contributed by atoms with van der Waals surface area (Å²) in [4.78, 5) is 11.7. The van der Waals surface area contributed by atoms with Crippen LogP contribution in [0.15, 0.2) is 42.5 Å². The van der Waals surface area contributed by atoms with Gasteiger partial charge in [-0.2, -0.15) is 0 Å². The molecular weight excluding hydrogens is 307 g/mol. The highest BCUT2D eigenvalue weighted by molar-refractivity contribution is 5.78. The van der Waals surface area contributed by atoms with Gasteiger partial charge in [-0.25, -0.2) is 13.2 Å². The van der Waals surface area contributed by atoms with Gasteiger partial charge in [-0.1, -0.05) is 24.3 Å². The van der Waals surface area contributed by atoms with E-state index in [9.17, 15) is 23.1 Å². The third kappa shape index (κ3) is 5.10. The maximum Gasteiger partial charge on any atom is 0.224 e. The van der Waals surface area contributed by atoms with Crippen molar-refractivity contribution in [2.75, 3.05) is 6.54 Å². The summed E-state index contributed by atoms with van der Waals surface area (Å²) in [6.45, 7) is -0.107. The first kappa shape index (κ1) is 17.0. The highest BCUT2D eigenvalue weighted by atomic mass is 19.1. The number of aliphatic hydroxyl groups is 1. The lowest BCUT2D eigenvalue weighted by Gasteiger charge is -2.13. The van der Waals surface area contributed by atoms with Gasteiger partial charge in [0.1, 0.15) is 17.5 Å². The topological polar surface area (TPSA) is 49.3 Å². The maximum atomic E-state index is 13.5. The smallest absolute Gasteiger partial charge is 0.224 e. The second-order valence-corrected chi connectivity index (χ2v) is 5.17. The number of aliphatic hydroxyl groups excluding tert-OH is 1. The Morgan fingerprint density at radius 3 is 2.48 bits per heavy atom. The van der Waals surface area contributed by atoms with Crippen molar-refractivity contribution in [2.24, 2.45) is 0 Å². The molecule has 2 aromatic carbocycles. The molecule has 0 spiro atoms. The molecule has 0 radical (unpaired) electrons. The number of halogens is 3. The van der Waals surface area contributed by atoms with Gasteiger partial charge in [0.2, 0.25) is 5.91 Å². The number of rotatable bonds is 6. The Labute approximate surface area is 131 Å². The van der Waals surface area contributed by atoms with Gasteiger partial charge in [-0.15, -0.1) is 0 Å². The van der Waals surface area contributed by atoms with E-state index >= 15 is 0 Å². The zero-order valence-corrected chi connectivity index (χ0v) is 12.2. The van der Waals surface area contributed by atoms with Crippen LogP contribution in [0.2, 0.25) is 0 Å². The third-order valence-electron chi connectivity index (χ3n) is 3.31. The molecule has 0 fully saturated rings. The fourth-order valence-electron chi connectivity index (χ4n) is 2.12. The molecule has 0 unspecified atom stereocenters. The van der Waals surface area contributed by atoms with Gasteiger partial charge in [0.15, 0.2) is 0 Å². The van der Waals surface area contributed by atoms with E-state index in [4.69, 9.17) is 0 Å². The van der Waals surface area contributed by atoms with Crippen LogP contribution in [-0.2, 0) is 17.6 Å². The molecule has 0 aliphatic rings. The number of amides is 1. The van der Waals surface area contributed by atoms with E-state index in [1.807, 2.05) is 0 Å². The molecular formula is C17H16F3NO2. The largest absolute Gasteiger partial charge is 0.391 e. The molecule has 0 heterocycles. The average Bonchev–Trinajstić information content (AvgIpc) is 2.50. The Morgan fingerprint density at radius 2 is 1.78 bits per heavy atom. The van der Waals surface area contributed by atoms with E-state index in [0.29, 0.717) is 0 Å². The molecule has 0 aliphatic carbocycles. The minimum Gasteiger partial charge on any atom is -0.391 e. The summed E-state index contributed by atoms with van der Waals surface area (Å²) in [5.41, 5.74) is 0.409. The summed E-state index contributed by atoms with van der Waals surface area (Å²) in [6.07, 6.45) is -1.24. The van der Waals surface area contributed by atoms with Crippen molar-refractivity contribution in [3.8, 4) is 0 Å². The molecule has 2 N–H and O–H groups in total. The van der Waals surface area contributed by atoms with Gasteiger partial charge in [0, 0.05) is 19.0 Å². The molecule has 6 heteroatoms. The molecule has 0 bridgehead atoms. The lowest BCUT2D eigenvalue weighted by molar-refractivity contribution is -0.120. The van der Waals surface area contributed by atoms with E-state index in [-0.39, 0.29) is 30.5 Å². The molecule has 23 heavy (non-hydrogen) atoms. The minimum absolute atomic E-state index is 0.0634. The van der Waals surface area contributed by atoms with Crippen LogP contribution in [0.25, 0.3) is 0 Å². The number of nitrogens with one attached hydrogen (secondary N) is 1. The molecule has 1 amide bonds. The molecule has 2 rings (SSSR count). The molecule has 2 aromatic rings. The normalized spacial score (nSPS) is 12.0. The summed E-state index contributed by atoms with van der Waals surface area (Å²) in [5, 5.41) is 12.3. The van der Waals surface area contributed by atoms with Crippen molar-refractivity contribution >= 4 is 5.91 Å². The molecule has 0 aromatic heterocycles. The van der Waals surface area contributed by atoms with Crippen LogP contribution < -0.4 is 5.32 Å². The van der Waals surface area contributed by atoms with Gasteiger partial charge in [-0.3, -0.25) is 4.79 Å². The van der Waals surface area contributed by atoms with Crippen LogP contribution in [0.1, 0.15) is 11.1 Å². The maximum absolute atomic E-state index is 13.5. The molecule has 0 saturated heterocycles. The second-order valence-electron chi connectivity index (χ2n) is 5.17. The number of carbonyl (C=O) groups is 1.